The van der Waals surface area contributed by atoms with Crippen LogP contribution < -0.4 is 4.74 Å². The summed E-state index contributed by atoms with van der Waals surface area (Å²) in [4.78, 5) is 26.9. The van der Waals surface area contributed by atoms with Gasteiger partial charge in [-0.25, -0.2) is 4.79 Å². The van der Waals surface area contributed by atoms with Crippen LogP contribution in [0.5, 0.6) is 5.75 Å². The number of carbonyl (C=O) groups excluding carboxylic acids is 2. The third-order valence-electron chi connectivity index (χ3n) is 10.3. The second-order valence-electron chi connectivity index (χ2n) is 12.2. The first-order valence-electron chi connectivity index (χ1n) is 13.9. The van der Waals surface area contributed by atoms with Gasteiger partial charge in [0.05, 0.1) is 5.41 Å². The van der Waals surface area contributed by atoms with Crippen molar-refractivity contribution in [2.24, 2.45) is 10.8 Å². The standard InChI is InChI=1S/C36H28O4/c1-34(2)35(3)19-20-36(34,40-32(35)37)33(38)39-27-10-6-8-22-13-15-25-18-17-24-16-14-23-12-11-21-7-4-5-9-26(21)28(23)30(24)31(25)29(22)27/h4-18H,19-20H2,1-3H3/t35-,36+/m0/s1. The lowest BCUT2D eigenvalue weighted by atomic mass is 9.66. The van der Waals surface area contributed by atoms with Crippen molar-refractivity contribution in [3.63, 3.8) is 0 Å². The first kappa shape index (κ1) is 23.4. The van der Waals surface area contributed by atoms with Crippen molar-refractivity contribution in [3.05, 3.63) is 91.0 Å². The third kappa shape index (κ3) is 2.71. The van der Waals surface area contributed by atoms with Gasteiger partial charge in [0.25, 0.3) is 0 Å². The molecule has 0 aromatic heterocycles. The maximum Gasteiger partial charge on any atom is 0.356 e. The van der Waals surface area contributed by atoms with E-state index in [0.29, 0.717) is 18.6 Å². The SMILES string of the molecule is CC1(C)[C@@]2(C)CC[C@]1(C(=O)Oc1cccc3ccc4ccc5ccc6ccc7ccccc7c6c5c4c13)OC2=O. The molecule has 0 radical (unpaired) electrons. The van der Waals surface area contributed by atoms with Gasteiger partial charge in [-0.1, -0.05) is 98.8 Å². The Morgan fingerprint density at radius 1 is 0.650 bits per heavy atom. The lowest BCUT2D eigenvalue weighted by Crippen LogP contribution is -2.50. The van der Waals surface area contributed by atoms with Crippen LogP contribution in [0.4, 0.5) is 0 Å². The smallest absolute Gasteiger partial charge is 0.356 e. The summed E-state index contributed by atoms with van der Waals surface area (Å²) in [7, 11) is 0. The molecule has 2 atom stereocenters. The van der Waals surface area contributed by atoms with E-state index in [4.69, 9.17) is 9.47 Å². The minimum Gasteiger partial charge on any atom is -0.446 e. The summed E-state index contributed by atoms with van der Waals surface area (Å²) in [6.07, 6.45) is 1.07. The van der Waals surface area contributed by atoms with Crippen LogP contribution in [0, 0.1) is 10.8 Å². The number of benzene rings is 6. The number of rotatable bonds is 2. The molecule has 2 bridgehead atoms. The van der Waals surface area contributed by atoms with Gasteiger partial charge in [-0.15, -0.1) is 0 Å². The van der Waals surface area contributed by atoms with E-state index in [1.54, 1.807) is 0 Å². The molecule has 2 fully saturated rings. The van der Waals surface area contributed by atoms with Gasteiger partial charge in [-0.3, -0.25) is 4.79 Å². The largest absolute Gasteiger partial charge is 0.446 e. The second kappa shape index (κ2) is 7.60. The van der Waals surface area contributed by atoms with Gasteiger partial charge in [0.15, 0.2) is 0 Å². The molecule has 4 nitrogen and oxygen atoms in total. The van der Waals surface area contributed by atoms with E-state index < -0.39 is 22.4 Å². The second-order valence-corrected chi connectivity index (χ2v) is 12.2. The van der Waals surface area contributed by atoms with Crippen molar-refractivity contribution in [2.45, 2.75) is 39.2 Å². The van der Waals surface area contributed by atoms with Crippen molar-refractivity contribution in [2.75, 3.05) is 0 Å². The third-order valence-corrected chi connectivity index (χ3v) is 10.3. The molecule has 0 unspecified atom stereocenters. The first-order valence-corrected chi connectivity index (χ1v) is 13.9. The van der Waals surface area contributed by atoms with Gasteiger partial charge >= 0.3 is 11.9 Å². The molecule has 1 aliphatic heterocycles. The molecule has 1 heterocycles. The fourth-order valence-corrected chi connectivity index (χ4v) is 7.44. The number of esters is 2. The van der Waals surface area contributed by atoms with Gasteiger partial charge in [0.1, 0.15) is 5.75 Å². The van der Waals surface area contributed by atoms with E-state index in [1.807, 2.05) is 32.9 Å². The molecular weight excluding hydrogens is 496 g/mol. The quantitative estimate of drug-likeness (QED) is 0.129. The van der Waals surface area contributed by atoms with Crippen LogP contribution in [-0.4, -0.2) is 17.5 Å². The average molecular weight is 525 g/mol. The van der Waals surface area contributed by atoms with Crippen LogP contribution >= 0.6 is 0 Å². The molecule has 40 heavy (non-hydrogen) atoms. The van der Waals surface area contributed by atoms with E-state index in [1.165, 1.54) is 16.2 Å². The molecule has 8 rings (SSSR count). The Balaban J connectivity index is 1.43. The molecular formula is C36H28O4. The minimum atomic E-state index is -1.30. The van der Waals surface area contributed by atoms with E-state index in [2.05, 4.69) is 78.9 Å². The Kier molecular flexibility index (Phi) is 4.46. The summed E-state index contributed by atoms with van der Waals surface area (Å²) in [5.74, 6) is -0.319. The van der Waals surface area contributed by atoms with Crippen molar-refractivity contribution < 1.29 is 19.1 Å². The molecule has 6 aromatic carbocycles. The molecule has 0 spiro atoms. The van der Waals surface area contributed by atoms with Crippen LogP contribution in [0.25, 0.3) is 53.9 Å². The van der Waals surface area contributed by atoms with Gasteiger partial charge in [0, 0.05) is 16.2 Å². The Morgan fingerprint density at radius 3 is 1.82 bits per heavy atom. The highest BCUT2D eigenvalue weighted by atomic mass is 16.6. The van der Waals surface area contributed by atoms with Crippen molar-refractivity contribution >= 4 is 65.8 Å². The van der Waals surface area contributed by atoms with Crippen molar-refractivity contribution in [3.8, 4) is 5.75 Å². The Labute approximate surface area is 231 Å². The lowest BCUT2D eigenvalue weighted by Gasteiger charge is -2.34. The fraction of sp³-hybridized carbons (Fsp3) is 0.222. The van der Waals surface area contributed by atoms with E-state index in [9.17, 15) is 9.59 Å². The molecule has 4 heteroatoms. The monoisotopic (exact) mass is 524 g/mol. The van der Waals surface area contributed by atoms with Crippen molar-refractivity contribution in [1.82, 2.24) is 0 Å². The van der Waals surface area contributed by atoms with E-state index >= 15 is 0 Å². The van der Waals surface area contributed by atoms with Gasteiger partial charge < -0.3 is 9.47 Å². The molecule has 1 saturated carbocycles. The van der Waals surface area contributed by atoms with Crippen LogP contribution in [0.2, 0.25) is 0 Å². The van der Waals surface area contributed by atoms with Crippen LogP contribution in [0.1, 0.15) is 33.6 Å². The molecule has 1 aliphatic carbocycles. The van der Waals surface area contributed by atoms with Crippen LogP contribution in [0.3, 0.4) is 0 Å². The molecule has 2 aliphatic rings. The van der Waals surface area contributed by atoms with Gasteiger partial charge in [0.2, 0.25) is 5.60 Å². The number of carbonyl (C=O) groups is 2. The average Bonchev–Trinajstić information content (AvgIpc) is 3.26. The highest BCUT2D eigenvalue weighted by Gasteiger charge is 2.76. The summed E-state index contributed by atoms with van der Waals surface area (Å²) in [6, 6.07) is 31.5. The Bertz CT molecular complexity index is 2090. The fourth-order valence-electron chi connectivity index (χ4n) is 7.44. The number of hydrogen-bond donors (Lipinski definition) is 0. The molecule has 1 saturated heterocycles. The molecule has 0 amide bonds. The number of hydrogen-bond acceptors (Lipinski definition) is 4. The summed E-state index contributed by atoms with van der Waals surface area (Å²) >= 11 is 0. The maximum absolute atomic E-state index is 14.0. The Morgan fingerprint density at radius 2 is 1.20 bits per heavy atom. The summed E-state index contributed by atoms with van der Waals surface area (Å²) in [5, 5.41) is 11.0. The van der Waals surface area contributed by atoms with Crippen LogP contribution in [-0.2, 0) is 14.3 Å². The predicted octanol–water partition coefficient (Wildman–Crippen LogP) is 8.48. The van der Waals surface area contributed by atoms with E-state index in [0.717, 1.165) is 37.7 Å². The zero-order valence-corrected chi connectivity index (χ0v) is 22.7. The summed E-state index contributed by atoms with van der Waals surface area (Å²) < 4.78 is 12.2. The van der Waals surface area contributed by atoms with Gasteiger partial charge in [-0.2, -0.15) is 0 Å². The van der Waals surface area contributed by atoms with Crippen molar-refractivity contribution in [1.29, 1.82) is 0 Å². The lowest BCUT2D eigenvalue weighted by molar-refractivity contribution is -0.176. The normalized spacial score (nSPS) is 23.4. The molecule has 196 valence electrons. The summed E-state index contributed by atoms with van der Waals surface area (Å²) in [5.41, 5.74) is -2.67. The topological polar surface area (TPSA) is 52.6 Å². The highest BCUT2D eigenvalue weighted by molar-refractivity contribution is 6.32. The summed E-state index contributed by atoms with van der Waals surface area (Å²) in [6.45, 7) is 5.81. The van der Waals surface area contributed by atoms with E-state index in [-0.39, 0.29) is 5.97 Å². The number of fused-ring (bicyclic) bond motifs is 11. The van der Waals surface area contributed by atoms with Crippen LogP contribution in [0.15, 0.2) is 91.0 Å². The number of ether oxygens (including phenoxy) is 2. The predicted molar refractivity (Wildman–Crippen MR) is 160 cm³/mol. The minimum absolute atomic E-state index is 0.312. The maximum atomic E-state index is 14.0. The zero-order chi connectivity index (χ0) is 27.4. The highest BCUT2D eigenvalue weighted by Crippen LogP contribution is 2.65. The Hall–Kier alpha value is -4.44. The molecule has 0 N–H and O–H groups in total. The molecule has 6 aromatic rings. The van der Waals surface area contributed by atoms with Gasteiger partial charge in [-0.05, 0) is 68.9 Å². The first-order chi connectivity index (χ1) is 19.2. The zero-order valence-electron chi connectivity index (χ0n) is 22.7.